The summed E-state index contributed by atoms with van der Waals surface area (Å²) in [6.07, 6.45) is 1.60. The van der Waals surface area contributed by atoms with Gasteiger partial charge >= 0.3 is 0 Å². The van der Waals surface area contributed by atoms with E-state index in [1.165, 1.54) is 0 Å². The van der Waals surface area contributed by atoms with Gasteiger partial charge in [0.2, 0.25) is 0 Å². The molecule has 0 unspecified atom stereocenters. The number of fused-ring (bicyclic) bond motifs is 1. The fourth-order valence-corrected chi connectivity index (χ4v) is 2.67. The fraction of sp³-hybridized carbons (Fsp3) is 0.176. The van der Waals surface area contributed by atoms with Gasteiger partial charge in [-0.2, -0.15) is 5.10 Å². The van der Waals surface area contributed by atoms with Crippen LogP contribution in [0.2, 0.25) is 5.02 Å². The van der Waals surface area contributed by atoms with Gasteiger partial charge < -0.3 is 19.5 Å². The average molecular weight is 378 g/mol. The maximum Gasteiger partial charge on any atom is 0.191 e. The molecule has 2 N–H and O–H groups in total. The smallest absolute Gasteiger partial charge is 0.191 e. The topological polar surface area (TPSA) is 64.1 Å². The molecule has 0 radical (unpaired) electrons. The second-order valence-corrected chi connectivity index (χ2v) is 5.90. The van der Waals surface area contributed by atoms with E-state index in [9.17, 15) is 0 Å². The zero-order valence-electron chi connectivity index (χ0n) is 13.4. The summed E-state index contributed by atoms with van der Waals surface area (Å²) in [6.45, 7) is 0.989. The number of halogens is 1. The molecule has 1 aliphatic heterocycles. The van der Waals surface area contributed by atoms with Crippen LogP contribution in [-0.2, 0) is 0 Å². The molecule has 130 valence electrons. The van der Waals surface area contributed by atoms with Crippen molar-refractivity contribution in [3.63, 3.8) is 0 Å². The summed E-state index contributed by atoms with van der Waals surface area (Å²) in [7, 11) is 1.61. The van der Waals surface area contributed by atoms with Gasteiger partial charge in [-0.15, -0.1) is 0 Å². The van der Waals surface area contributed by atoms with E-state index in [0.29, 0.717) is 34.8 Å². The SMILES string of the molecule is COc1cccc(NC(=S)N/N=C\c2cc(Cl)c3c(c2)OCCO3)c1. The van der Waals surface area contributed by atoms with E-state index >= 15 is 0 Å². The van der Waals surface area contributed by atoms with Gasteiger partial charge in [-0.05, 0) is 42.0 Å². The van der Waals surface area contributed by atoms with Crippen LogP contribution < -0.4 is 25.0 Å². The van der Waals surface area contributed by atoms with Crippen LogP contribution in [0.4, 0.5) is 5.69 Å². The highest BCUT2D eigenvalue weighted by atomic mass is 35.5. The number of benzene rings is 2. The van der Waals surface area contributed by atoms with E-state index in [1.807, 2.05) is 30.3 Å². The molecule has 0 atom stereocenters. The molecule has 1 heterocycles. The lowest BCUT2D eigenvalue weighted by Crippen LogP contribution is -2.23. The lowest BCUT2D eigenvalue weighted by atomic mass is 10.2. The Bertz CT molecular complexity index is 814. The van der Waals surface area contributed by atoms with Crippen LogP contribution in [0.3, 0.4) is 0 Å². The second kappa shape index (κ2) is 8.04. The van der Waals surface area contributed by atoms with E-state index < -0.39 is 0 Å². The molecule has 3 rings (SSSR count). The molecule has 25 heavy (non-hydrogen) atoms. The first-order chi connectivity index (χ1) is 12.2. The molecular formula is C17H16ClN3O3S. The van der Waals surface area contributed by atoms with Gasteiger partial charge in [0, 0.05) is 11.8 Å². The summed E-state index contributed by atoms with van der Waals surface area (Å²) in [5.74, 6) is 1.91. The van der Waals surface area contributed by atoms with E-state index in [2.05, 4.69) is 15.8 Å². The van der Waals surface area contributed by atoms with Gasteiger partial charge in [0.15, 0.2) is 16.6 Å². The van der Waals surface area contributed by atoms with Crippen LogP contribution in [0.5, 0.6) is 17.2 Å². The van der Waals surface area contributed by atoms with Crippen LogP contribution in [-0.4, -0.2) is 31.7 Å². The van der Waals surface area contributed by atoms with E-state index in [4.69, 9.17) is 38.0 Å². The molecule has 6 nitrogen and oxygen atoms in total. The van der Waals surface area contributed by atoms with Gasteiger partial charge in [-0.3, -0.25) is 5.43 Å². The van der Waals surface area contributed by atoms with Gasteiger partial charge in [0.05, 0.1) is 18.3 Å². The van der Waals surface area contributed by atoms with Crippen molar-refractivity contribution in [2.75, 3.05) is 25.6 Å². The maximum absolute atomic E-state index is 6.19. The molecule has 8 heteroatoms. The Labute approximate surface area is 155 Å². The Balaban J connectivity index is 1.61. The minimum absolute atomic E-state index is 0.355. The third-order valence-corrected chi connectivity index (χ3v) is 3.80. The molecule has 2 aromatic carbocycles. The molecule has 0 saturated carbocycles. The Morgan fingerprint density at radius 2 is 2.12 bits per heavy atom. The van der Waals surface area contributed by atoms with Crippen molar-refractivity contribution in [2.24, 2.45) is 5.10 Å². The minimum atomic E-state index is 0.355. The quantitative estimate of drug-likeness (QED) is 0.483. The molecule has 0 aliphatic carbocycles. The summed E-state index contributed by atoms with van der Waals surface area (Å²) in [5, 5.41) is 7.96. The number of rotatable bonds is 4. The lowest BCUT2D eigenvalue weighted by molar-refractivity contribution is 0.171. The van der Waals surface area contributed by atoms with E-state index in [-0.39, 0.29) is 0 Å². The maximum atomic E-state index is 6.19. The standard InChI is InChI=1S/C17H16ClN3O3S/c1-22-13-4-2-3-12(9-13)20-17(25)21-19-10-11-7-14(18)16-15(8-11)23-5-6-24-16/h2-4,7-10H,5-6H2,1H3,(H2,20,21,25)/b19-10-. The van der Waals surface area contributed by atoms with Crippen LogP contribution >= 0.6 is 23.8 Å². The van der Waals surface area contributed by atoms with Gasteiger partial charge in [-0.1, -0.05) is 17.7 Å². The Hall–Kier alpha value is -2.51. The predicted octanol–water partition coefficient (Wildman–Crippen LogP) is 3.44. The van der Waals surface area contributed by atoms with Crippen molar-refractivity contribution in [3.8, 4) is 17.2 Å². The van der Waals surface area contributed by atoms with Crippen LogP contribution in [0.1, 0.15) is 5.56 Å². The highest BCUT2D eigenvalue weighted by Crippen LogP contribution is 2.37. The van der Waals surface area contributed by atoms with Crippen molar-refractivity contribution in [2.45, 2.75) is 0 Å². The first-order valence-electron chi connectivity index (χ1n) is 7.49. The van der Waals surface area contributed by atoms with Gasteiger partial charge in [0.25, 0.3) is 0 Å². The number of methoxy groups -OCH3 is 1. The third-order valence-electron chi connectivity index (χ3n) is 3.33. The third kappa shape index (κ3) is 4.52. The first kappa shape index (κ1) is 17.3. The van der Waals surface area contributed by atoms with Crippen molar-refractivity contribution >= 4 is 40.8 Å². The number of thiocarbonyl (C=S) groups is 1. The molecule has 0 amide bonds. The number of nitrogens with one attached hydrogen (secondary N) is 2. The zero-order valence-corrected chi connectivity index (χ0v) is 15.0. The normalized spacial score (nSPS) is 12.7. The molecule has 2 aromatic rings. The molecular weight excluding hydrogens is 362 g/mol. The van der Waals surface area contributed by atoms with E-state index in [0.717, 1.165) is 17.0 Å². The predicted molar refractivity (Wildman–Crippen MR) is 102 cm³/mol. The summed E-state index contributed by atoms with van der Waals surface area (Å²) < 4.78 is 16.2. The van der Waals surface area contributed by atoms with E-state index in [1.54, 1.807) is 19.4 Å². The first-order valence-corrected chi connectivity index (χ1v) is 8.27. The summed E-state index contributed by atoms with van der Waals surface area (Å²) in [5.41, 5.74) is 4.32. The second-order valence-electron chi connectivity index (χ2n) is 5.08. The van der Waals surface area contributed by atoms with Crippen molar-refractivity contribution in [3.05, 3.63) is 47.0 Å². The van der Waals surface area contributed by atoms with Gasteiger partial charge in [-0.25, -0.2) is 0 Å². The largest absolute Gasteiger partial charge is 0.497 e. The number of hydrogen-bond donors (Lipinski definition) is 2. The summed E-state index contributed by atoms with van der Waals surface area (Å²) in [4.78, 5) is 0. The number of hydrogen-bond acceptors (Lipinski definition) is 5. The van der Waals surface area contributed by atoms with Crippen molar-refractivity contribution in [1.82, 2.24) is 5.43 Å². The zero-order chi connectivity index (χ0) is 17.6. The Morgan fingerprint density at radius 1 is 1.28 bits per heavy atom. The Morgan fingerprint density at radius 3 is 2.96 bits per heavy atom. The summed E-state index contributed by atoms with van der Waals surface area (Å²) in [6, 6.07) is 11.0. The molecule has 0 bridgehead atoms. The molecule has 0 saturated heterocycles. The molecule has 1 aliphatic rings. The highest BCUT2D eigenvalue weighted by molar-refractivity contribution is 7.80. The van der Waals surface area contributed by atoms with Crippen LogP contribution in [0, 0.1) is 0 Å². The molecule has 0 aromatic heterocycles. The number of hydrazone groups is 1. The van der Waals surface area contributed by atoms with Crippen LogP contribution in [0.25, 0.3) is 0 Å². The van der Waals surface area contributed by atoms with Crippen LogP contribution in [0.15, 0.2) is 41.5 Å². The molecule has 0 spiro atoms. The fourth-order valence-electron chi connectivity index (χ4n) is 2.23. The average Bonchev–Trinajstić information content (AvgIpc) is 2.62. The van der Waals surface area contributed by atoms with Crippen molar-refractivity contribution < 1.29 is 14.2 Å². The van der Waals surface area contributed by atoms with Crippen molar-refractivity contribution in [1.29, 1.82) is 0 Å². The lowest BCUT2D eigenvalue weighted by Gasteiger charge is -2.19. The Kier molecular flexibility index (Phi) is 5.57. The summed E-state index contributed by atoms with van der Waals surface area (Å²) >= 11 is 11.4. The van der Waals surface area contributed by atoms with Gasteiger partial charge in [0.1, 0.15) is 19.0 Å². The number of nitrogens with zero attached hydrogens (tertiary/aromatic N) is 1. The number of ether oxygens (including phenoxy) is 3. The monoisotopic (exact) mass is 377 g/mol. The highest BCUT2D eigenvalue weighted by Gasteiger charge is 2.16. The molecule has 0 fully saturated rings. The minimum Gasteiger partial charge on any atom is -0.497 e. The number of anilines is 1.